The Hall–Kier alpha value is -2.57. The zero-order valence-corrected chi connectivity index (χ0v) is 17.5. The zero-order chi connectivity index (χ0) is 20.5. The number of morpholine rings is 1. The molecule has 1 saturated heterocycles. The van der Waals surface area contributed by atoms with Gasteiger partial charge in [0.15, 0.2) is 0 Å². The van der Waals surface area contributed by atoms with Crippen molar-refractivity contribution in [3.63, 3.8) is 0 Å². The third-order valence-electron chi connectivity index (χ3n) is 5.19. The lowest BCUT2D eigenvalue weighted by Gasteiger charge is -2.30. The van der Waals surface area contributed by atoms with Crippen LogP contribution in [-0.4, -0.2) is 69.3 Å². The molecule has 2 aromatic carbocycles. The molecule has 156 valence electrons. The molecule has 0 radical (unpaired) electrons. The lowest BCUT2D eigenvalue weighted by Crippen LogP contribution is -2.45. The van der Waals surface area contributed by atoms with Gasteiger partial charge in [-0.2, -0.15) is 0 Å². The number of amides is 2. The minimum atomic E-state index is -0.0289. The van der Waals surface area contributed by atoms with E-state index in [2.05, 4.69) is 39.4 Å². The summed E-state index contributed by atoms with van der Waals surface area (Å²) < 4.78 is 5.43. The van der Waals surface area contributed by atoms with E-state index >= 15 is 0 Å². The summed E-state index contributed by atoms with van der Waals surface area (Å²) in [5.74, 6) is 0. The molecule has 3 rings (SSSR count). The highest BCUT2D eigenvalue weighted by atomic mass is 16.5. The molecule has 0 unspecified atom stereocenters. The van der Waals surface area contributed by atoms with Crippen molar-refractivity contribution in [3.05, 3.63) is 65.7 Å². The third kappa shape index (κ3) is 6.76. The van der Waals surface area contributed by atoms with Crippen molar-refractivity contribution >= 4 is 11.7 Å². The van der Waals surface area contributed by atoms with Gasteiger partial charge in [0.1, 0.15) is 0 Å². The molecular weight excluding hydrogens is 364 g/mol. The number of anilines is 1. The lowest BCUT2D eigenvalue weighted by molar-refractivity contribution is 0.0346. The van der Waals surface area contributed by atoms with Crippen LogP contribution in [0.25, 0.3) is 0 Å². The fraction of sp³-hybridized carbons (Fsp3) is 0.435. The second-order valence-corrected chi connectivity index (χ2v) is 7.58. The first-order valence-electron chi connectivity index (χ1n) is 10.2. The van der Waals surface area contributed by atoms with E-state index in [1.54, 1.807) is 0 Å². The number of ether oxygens (including phenoxy) is 1. The molecule has 0 bridgehead atoms. The van der Waals surface area contributed by atoms with Crippen LogP contribution < -0.4 is 10.2 Å². The number of carbonyl (C=O) groups is 1. The highest BCUT2D eigenvalue weighted by Crippen LogP contribution is 2.14. The van der Waals surface area contributed by atoms with E-state index in [-0.39, 0.29) is 6.03 Å². The quantitative estimate of drug-likeness (QED) is 0.745. The van der Waals surface area contributed by atoms with Crippen LogP contribution in [0, 0.1) is 0 Å². The predicted octanol–water partition coefficient (Wildman–Crippen LogP) is 2.80. The van der Waals surface area contributed by atoms with Crippen molar-refractivity contribution in [2.75, 3.05) is 58.4 Å². The molecule has 0 atom stereocenters. The second kappa shape index (κ2) is 10.8. The normalized spacial score (nSPS) is 14.4. The van der Waals surface area contributed by atoms with Crippen molar-refractivity contribution in [1.29, 1.82) is 0 Å². The molecule has 6 nitrogen and oxygen atoms in total. The minimum absolute atomic E-state index is 0.0289. The lowest BCUT2D eigenvalue weighted by atomic mass is 10.2. The highest BCUT2D eigenvalue weighted by molar-refractivity contribution is 5.74. The molecule has 1 aliphatic heterocycles. The molecule has 0 saturated carbocycles. The smallest absolute Gasteiger partial charge is 0.318 e. The van der Waals surface area contributed by atoms with Crippen LogP contribution >= 0.6 is 0 Å². The Bertz CT molecular complexity index is 743. The summed E-state index contributed by atoms with van der Waals surface area (Å²) in [5.41, 5.74) is 3.39. The Morgan fingerprint density at radius 1 is 1.00 bits per heavy atom. The van der Waals surface area contributed by atoms with Crippen LogP contribution in [0.5, 0.6) is 0 Å². The molecule has 1 N–H and O–H groups in total. The van der Waals surface area contributed by atoms with E-state index in [9.17, 15) is 4.79 Å². The Balaban J connectivity index is 1.61. The van der Waals surface area contributed by atoms with Crippen molar-refractivity contribution in [2.24, 2.45) is 0 Å². The highest BCUT2D eigenvalue weighted by Gasteiger charge is 2.17. The zero-order valence-electron chi connectivity index (χ0n) is 17.5. The van der Waals surface area contributed by atoms with Gasteiger partial charge in [0.05, 0.1) is 13.2 Å². The van der Waals surface area contributed by atoms with Crippen molar-refractivity contribution in [2.45, 2.75) is 13.1 Å². The Morgan fingerprint density at radius 3 is 2.34 bits per heavy atom. The topological polar surface area (TPSA) is 48.1 Å². The number of hydrogen-bond donors (Lipinski definition) is 1. The molecule has 1 fully saturated rings. The average molecular weight is 397 g/mol. The minimum Gasteiger partial charge on any atom is -0.379 e. The summed E-state index contributed by atoms with van der Waals surface area (Å²) in [6.07, 6.45) is 0. The van der Waals surface area contributed by atoms with Crippen LogP contribution in [0.3, 0.4) is 0 Å². The molecule has 1 heterocycles. The number of rotatable bonds is 8. The molecule has 1 aliphatic rings. The number of nitrogens with zero attached hydrogens (tertiary/aromatic N) is 3. The number of nitrogens with one attached hydrogen (secondary N) is 1. The molecule has 0 spiro atoms. The van der Waals surface area contributed by atoms with Crippen LogP contribution in [0.2, 0.25) is 0 Å². The fourth-order valence-corrected chi connectivity index (χ4v) is 3.34. The van der Waals surface area contributed by atoms with Gasteiger partial charge in [-0.25, -0.2) is 4.79 Å². The molecule has 0 aromatic heterocycles. The third-order valence-corrected chi connectivity index (χ3v) is 5.19. The Kier molecular flexibility index (Phi) is 7.90. The first-order chi connectivity index (χ1) is 14.1. The van der Waals surface area contributed by atoms with E-state index in [1.807, 2.05) is 49.3 Å². The predicted molar refractivity (Wildman–Crippen MR) is 117 cm³/mol. The summed E-state index contributed by atoms with van der Waals surface area (Å²) >= 11 is 0. The Morgan fingerprint density at radius 2 is 1.69 bits per heavy atom. The summed E-state index contributed by atoms with van der Waals surface area (Å²) in [7, 11) is 4.06. The van der Waals surface area contributed by atoms with Crippen LogP contribution in [-0.2, 0) is 17.8 Å². The summed E-state index contributed by atoms with van der Waals surface area (Å²) in [4.78, 5) is 19.3. The van der Waals surface area contributed by atoms with Crippen LogP contribution in [0.15, 0.2) is 54.6 Å². The van der Waals surface area contributed by atoms with Gasteiger partial charge >= 0.3 is 6.03 Å². The average Bonchev–Trinajstić information content (AvgIpc) is 2.76. The van der Waals surface area contributed by atoms with Gasteiger partial charge < -0.3 is 19.9 Å². The van der Waals surface area contributed by atoms with Crippen molar-refractivity contribution in [3.8, 4) is 0 Å². The SMILES string of the molecule is CN(C)c1ccc(CN(CCN2CCOCC2)C(=O)NCc2ccccc2)cc1. The van der Waals surface area contributed by atoms with E-state index in [0.717, 1.165) is 49.7 Å². The molecule has 6 heteroatoms. The standard InChI is InChI=1S/C23H32N4O2/c1-25(2)22-10-8-21(9-11-22)19-27(13-12-26-14-16-29-17-15-26)23(28)24-18-20-6-4-3-5-7-20/h3-11H,12-19H2,1-2H3,(H,24,28). The van der Waals surface area contributed by atoms with Crippen molar-refractivity contribution < 1.29 is 9.53 Å². The summed E-state index contributed by atoms with van der Waals surface area (Å²) in [6.45, 7) is 6.08. The molecule has 2 amide bonds. The monoisotopic (exact) mass is 396 g/mol. The molecule has 29 heavy (non-hydrogen) atoms. The van der Waals surface area contributed by atoms with Crippen LogP contribution in [0.4, 0.5) is 10.5 Å². The van der Waals surface area contributed by atoms with Gasteiger partial charge in [-0.15, -0.1) is 0 Å². The maximum absolute atomic E-state index is 12.9. The molecule has 2 aromatic rings. The first kappa shape index (κ1) is 21.1. The van der Waals surface area contributed by atoms with Gasteiger partial charge in [0, 0.05) is 59.1 Å². The van der Waals surface area contributed by atoms with E-state index < -0.39 is 0 Å². The summed E-state index contributed by atoms with van der Waals surface area (Å²) in [5, 5.41) is 3.07. The van der Waals surface area contributed by atoms with E-state index in [1.165, 1.54) is 0 Å². The Labute approximate surface area is 174 Å². The summed E-state index contributed by atoms with van der Waals surface area (Å²) in [6, 6.07) is 18.4. The van der Waals surface area contributed by atoms with Crippen molar-refractivity contribution in [1.82, 2.24) is 15.1 Å². The van der Waals surface area contributed by atoms with E-state index in [0.29, 0.717) is 19.6 Å². The maximum atomic E-state index is 12.9. The van der Waals surface area contributed by atoms with Gasteiger partial charge in [-0.05, 0) is 23.3 Å². The molecular formula is C23H32N4O2. The van der Waals surface area contributed by atoms with Gasteiger partial charge in [-0.1, -0.05) is 42.5 Å². The number of benzene rings is 2. The van der Waals surface area contributed by atoms with Gasteiger partial charge in [0.2, 0.25) is 0 Å². The largest absolute Gasteiger partial charge is 0.379 e. The van der Waals surface area contributed by atoms with Crippen LogP contribution in [0.1, 0.15) is 11.1 Å². The number of hydrogen-bond acceptors (Lipinski definition) is 4. The molecule has 0 aliphatic carbocycles. The fourth-order valence-electron chi connectivity index (χ4n) is 3.34. The number of carbonyl (C=O) groups excluding carboxylic acids is 1. The van der Waals surface area contributed by atoms with E-state index in [4.69, 9.17) is 4.74 Å². The van der Waals surface area contributed by atoms with Gasteiger partial charge in [0.25, 0.3) is 0 Å². The number of urea groups is 1. The van der Waals surface area contributed by atoms with Gasteiger partial charge in [-0.3, -0.25) is 4.90 Å². The second-order valence-electron chi connectivity index (χ2n) is 7.58. The first-order valence-corrected chi connectivity index (χ1v) is 10.2. The maximum Gasteiger partial charge on any atom is 0.318 e.